The summed E-state index contributed by atoms with van der Waals surface area (Å²) in [5.41, 5.74) is 4.57. The molecule has 1 aliphatic rings. The molecule has 2 heterocycles. The number of amides is 1. The summed E-state index contributed by atoms with van der Waals surface area (Å²) in [5, 5.41) is 4.24. The van der Waals surface area contributed by atoms with Crippen LogP contribution in [0.25, 0.3) is 10.9 Å². The Balaban J connectivity index is 1.34. The van der Waals surface area contributed by atoms with Crippen LogP contribution >= 0.6 is 0 Å². The minimum absolute atomic E-state index is 0.0715. The van der Waals surface area contributed by atoms with E-state index in [1.165, 1.54) is 11.1 Å². The van der Waals surface area contributed by atoms with Crippen LogP contribution in [0.5, 0.6) is 0 Å². The van der Waals surface area contributed by atoms with Crippen LogP contribution in [0.2, 0.25) is 0 Å². The molecule has 162 valence electrons. The highest BCUT2D eigenvalue weighted by Gasteiger charge is 2.26. The van der Waals surface area contributed by atoms with Crippen LogP contribution in [0.15, 0.2) is 48.5 Å². The van der Waals surface area contributed by atoms with E-state index in [0.29, 0.717) is 12.5 Å². The second-order valence-electron chi connectivity index (χ2n) is 8.83. The van der Waals surface area contributed by atoms with Gasteiger partial charge in [-0.25, -0.2) is 9.97 Å². The first-order valence-electron chi connectivity index (χ1n) is 11.4. The summed E-state index contributed by atoms with van der Waals surface area (Å²) >= 11 is 0. The van der Waals surface area contributed by atoms with Crippen molar-refractivity contribution in [3.05, 3.63) is 65.4 Å². The molecule has 1 aromatic heterocycles. The third-order valence-electron chi connectivity index (χ3n) is 6.27. The van der Waals surface area contributed by atoms with Gasteiger partial charge >= 0.3 is 0 Å². The monoisotopic (exact) mass is 416 g/mol. The van der Waals surface area contributed by atoms with Crippen LogP contribution in [-0.4, -0.2) is 35.5 Å². The normalized spacial score (nSPS) is 14.9. The van der Waals surface area contributed by atoms with E-state index in [1.807, 2.05) is 18.2 Å². The maximum atomic E-state index is 12.6. The van der Waals surface area contributed by atoms with Crippen LogP contribution in [0.4, 0.5) is 5.95 Å². The number of rotatable bonds is 6. The fraction of sp³-hybridized carbons (Fsp3) is 0.423. The molecule has 3 aromatic rings. The molecule has 0 aliphatic carbocycles. The second kappa shape index (κ2) is 9.46. The van der Waals surface area contributed by atoms with Gasteiger partial charge in [-0.15, -0.1) is 0 Å². The summed E-state index contributed by atoms with van der Waals surface area (Å²) in [7, 11) is 0. The highest BCUT2D eigenvalue weighted by Crippen LogP contribution is 2.26. The molecule has 5 heteroatoms. The van der Waals surface area contributed by atoms with E-state index in [4.69, 9.17) is 9.97 Å². The number of fused-ring (bicyclic) bond motifs is 1. The predicted octanol–water partition coefficient (Wildman–Crippen LogP) is 4.64. The third-order valence-corrected chi connectivity index (χ3v) is 6.27. The number of aryl methyl sites for hydroxylation is 1. The van der Waals surface area contributed by atoms with Gasteiger partial charge in [-0.3, -0.25) is 4.79 Å². The number of anilines is 1. The SMILES string of the molecule is Cc1nc(N2CCC(C(=O)NCCc3ccccc3)CC2)nc2ccc(C(C)C)cc12. The standard InChI is InChI=1S/C26H32N4O/c1-18(2)22-9-10-24-23(17-22)19(3)28-26(29-24)30-15-12-21(13-16-30)25(31)27-14-11-20-7-5-4-6-8-20/h4-10,17-18,21H,11-16H2,1-3H3,(H,27,31). The molecule has 31 heavy (non-hydrogen) atoms. The molecule has 1 saturated heterocycles. The van der Waals surface area contributed by atoms with E-state index in [-0.39, 0.29) is 11.8 Å². The van der Waals surface area contributed by atoms with E-state index in [9.17, 15) is 4.79 Å². The number of piperidine rings is 1. The maximum absolute atomic E-state index is 12.6. The summed E-state index contributed by atoms with van der Waals surface area (Å²) in [6, 6.07) is 16.8. The highest BCUT2D eigenvalue weighted by atomic mass is 16.1. The molecular weight excluding hydrogens is 384 g/mol. The number of benzene rings is 2. The average molecular weight is 417 g/mol. The number of carbonyl (C=O) groups is 1. The summed E-state index contributed by atoms with van der Waals surface area (Å²) in [6.07, 6.45) is 2.54. The van der Waals surface area contributed by atoms with Crippen LogP contribution in [0.3, 0.4) is 0 Å². The zero-order valence-corrected chi connectivity index (χ0v) is 18.8. The van der Waals surface area contributed by atoms with E-state index >= 15 is 0 Å². The Labute approximate surface area is 184 Å². The molecule has 1 fully saturated rings. The largest absolute Gasteiger partial charge is 0.356 e. The zero-order valence-electron chi connectivity index (χ0n) is 18.8. The Bertz CT molecular complexity index is 1040. The Hall–Kier alpha value is -2.95. The van der Waals surface area contributed by atoms with Gasteiger partial charge in [0, 0.05) is 30.9 Å². The lowest BCUT2D eigenvalue weighted by Gasteiger charge is -2.31. The highest BCUT2D eigenvalue weighted by molar-refractivity contribution is 5.83. The predicted molar refractivity (Wildman–Crippen MR) is 126 cm³/mol. The zero-order chi connectivity index (χ0) is 21.8. The summed E-state index contributed by atoms with van der Waals surface area (Å²) in [5.74, 6) is 1.51. The van der Waals surface area contributed by atoms with Crippen molar-refractivity contribution in [2.45, 2.75) is 46.0 Å². The lowest BCUT2D eigenvalue weighted by molar-refractivity contribution is -0.125. The quantitative estimate of drug-likeness (QED) is 0.636. The van der Waals surface area contributed by atoms with Gasteiger partial charge in [-0.2, -0.15) is 0 Å². The Morgan fingerprint density at radius 3 is 2.55 bits per heavy atom. The third kappa shape index (κ3) is 5.04. The van der Waals surface area contributed by atoms with Crippen LogP contribution < -0.4 is 10.2 Å². The first-order chi connectivity index (χ1) is 15.0. The molecule has 0 saturated carbocycles. The van der Waals surface area contributed by atoms with Crippen molar-refractivity contribution in [1.29, 1.82) is 0 Å². The topological polar surface area (TPSA) is 58.1 Å². The number of nitrogens with one attached hydrogen (secondary N) is 1. The molecule has 1 N–H and O–H groups in total. The number of carbonyl (C=O) groups excluding carboxylic acids is 1. The second-order valence-corrected chi connectivity index (χ2v) is 8.83. The molecule has 2 aromatic carbocycles. The molecule has 1 amide bonds. The Kier molecular flexibility index (Phi) is 6.50. The molecule has 1 aliphatic heterocycles. The van der Waals surface area contributed by atoms with Gasteiger partial charge in [0.05, 0.1) is 11.2 Å². The fourth-order valence-electron chi connectivity index (χ4n) is 4.25. The number of hydrogen-bond donors (Lipinski definition) is 1. The lowest BCUT2D eigenvalue weighted by atomic mass is 9.96. The van der Waals surface area contributed by atoms with Crippen molar-refractivity contribution in [3.63, 3.8) is 0 Å². The van der Waals surface area contributed by atoms with Gasteiger partial charge in [0.25, 0.3) is 0 Å². The molecule has 0 radical (unpaired) electrons. The molecule has 0 atom stereocenters. The Morgan fingerprint density at radius 2 is 1.84 bits per heavy atom. The first kappa shape index (κ1) is 21.3. The van der Waals surface area contributed by atoms with E-state index < -0.39 is 0 Å². The molecule has 0 unspecified atom stereocenters. The smallest absolute Gasteiger partial charge is 0.226 e. The minimum atomic E-state index is 0.0715. The van der Waals surface area contributed by atoms with Gasteiger partial charge in [-0.1, -0.05) is 50.2 Å². The van der Waals surface area contributed by atoms with Crippen molar-refractivity contribution in [2.75, 3.05) is 24.5 Å². The van der Waals surface area contributed by atoms with Gasteiger partial charge in [-0.05, 0) is 55.4 Å². The molecule has 4 rings (SSSR count). The van der Waals surface area contributed by atoms with Gasteiger partial charge in [0.1, 0.15) is 0 Å². The number of hydrogen-bond acceptors (Lipinski definition) is 4. The molecule has 5 nitrogen and oxygen atoms in total. The maximum Gasteiger partial charge on any atom is 0.226 e. The van der Waals surface area contributed by atoms with Crippen LogP contribution in [0, 0.1) is 12.8 Å². The van der Waals surface area contributed by atoms with Crippen LogP contribution in [0.1, 0.15) is 49.4 Å². The van der Waals surface area contributed by atoms with Gasteiger partial charge < -0.3 is 10.2 Å². The number of aromatic nitrogens is 2. The fourth-order valence-corrected chi connectivity index (χ4v) is 4.25. The summed E-state index contributed by atoms with van der Waals surface area (Å²) < 4.78 is 0. The molecule has 0 bridgehead atoms. The van der Waals surface area contributed by atoms with E-state index in [0.717, 1.165) is 54.9 Å². The summed E-state index contributed by atoms with van der Waals surface area (Å²) in [6.45, 7) is 8.78. The lowest BCUT2D eigenvalue weighted by Crippen LogP contribution is -2.41. The van der Waals surface area contributed by atoms with E-state index in [2.05, 4.69) is 61.3 Å². The number of nitrogens with zero attached hydrogens (tertiary/aromatic N) is 3. The van der Waals surface area contributed by atoms with Crippen molar-refractivity contribution in [1.82, 2.24) is 15.3 Å². The van der Waals surface area contributed by atoms with Crippen molar-refractivity contribution in [3.8, 4) is 0 Å². The Morgan fingerprint density at radius 1 is 1.10 bits per heavy atom. The van der Waals surface area contributed by atoms with Crippen molar-refractivity contribution in [2.24, 2.45) is 5.92 Å². The first-order valence-corrected chi connectivity index (χ1v) is 11.4. The average Bonchev–Trinajstić information content (AvgIpc) is 2.79. The molecule has 0 spiro atoms. The van der Waals surface area contributed by atoms with Crippen LogP contribution in [-0.2, 0) is 11.2 Å². The molecular formula is C26H32N4O. The van der Waals surface area contributed by atoms with Crippen molar-refractivity contribution >= 4 is 22.8 Å². The minimum Gasteiger partial charge on any atom is -0.356 e. The summed E-state index contributed by atoms with van der Waals surface area (Å²) in [4.78, 5) is 24.4. The van der Waals surface area contributed by atoms with Gasteiger partial charge in [0.15, 0.2) is 0 Å². The van der Waals surface area contributed by atoms with E-state index in [1.54, 1.807) is 0 Å². The van der Waals surface area contributed by atoms with Crippen molar-refractivity contribution < 1.29 is 4.79 Å². The van der Waals surface area contributed by atoms with Gasteiger partial charge in [0.2, 0.25) is 11.9 Å².